The fourth-order valence-electron chi connectivity index (χ4n) is 3.41. The lowest BCUT2D eigenvalue weighted by Crippen LogP contribution is -2.23. The second kappa shape index (κ2) is 7.00. The van der Waals surface area contributed by atoms with E-state index >= 15 is 0 Å². The van der Waals surface area contributed by atoms with Crippen LogP contribution >= 0.6 is 0 Å². The Morgan fingerprint density at radius 3 is 2.59 bits per heavy atom. The molecule has 2 heterocycles. The van der Waals surface area contributed by atoms with E-state index in [1.54, 1.807) is 28.8 Å². The van der Waals surface area contributed by atoms with Crippen LogP contribution in [0.4, 0.5) is 5.69 Å². The number of hydrogen-bond donors (Lipinski definition) is 1. The SMILES string of the molecule is CCn1c(=O)c2ccccc2n2c(CNc3cc(S(C)(=O)=O)ccc3C)nnc12. The van der Waals surface area contributed by atoms with E-state index in [0.717, 1.165) is 11.1 Å². The van der Waals surface area contributed by atoms with E-state index in [4.69, 9.17) is 0 Å². The Hall–Kier alpha value is -3.20. The minimum absolute atomic E-state index is 0.0980. The number of nitrogens with zero attached hydrogens (tertiary/aromatic N) is 4. The van der Waals surface area contributed by atoms with Gasteiger partial charge in [0.1, 0.15) is 0 Å². The summed E-state index contributed by atoms with van der Waals surface area (Å²) in [5.74, 6) is 1.11. The smallest absolute Gasteiger partial charge is 0.262 e. The Morgan fingerprint density at radius 1 is 1.10 bits per heavy atom. The number of aryl methyl sites for hydroxylation is 2. The van der Waals surface area contributed by atoms with Crippen LogP contribution in [0.15, 0.2) is 52.2 Å². The first kappa shape index (κ1) is 19.1. The first-order valence-corrected chi connectivity index (χ1v) is 11.1. The van der Waals surface area contributed by atoms with Crippen molar-refractivity contribution in [2.24, 2.45) is 0 Å². The molecule has 150 valence electrons. The summed E-state index contributed by atoms with van der Waals surface area (Å²) in [4.78, 5) is 13.0. The molecule has 0 fully saturated rings. The highest BCUT2D eigenvalue weighted by Gasteiger charge is 2.16. The van der Waals surface area contributed by atoms with Crippen LogP contribution in [0.1, 0.15) is 18.3 Å². The number of aromatic nitrogens is 4. The van der Waals surface area contributed by atoms with Gasteiger partial charge in [-0.05, 0) is 43.7 Å². The zero-order valence-electron chi connectivity index (χ0n) is 16.4. The molecule has 1 N–H and O–H groups in total. The predicted octanol–water partition coefficient (Wildman–Crippen LogP) is 2.39. The van der Waals surface area contributed by atoms with Crippen molar-refractivity contribution in [1.82, 2.24) is 19.2 Å². The predicted molar refractivity (Wildman–Crippen MR) is 112 cm³/mol. The van der Waals surface area contributed by atoms with Crippen LogP contribution in [0.5, 0.6) is 0 Å². The fraction of sp³-hybridized carbons (Fsp3) is 0.250. The number of nitrogens with one attached hydrogen (secondary N) is 1. The average Bonchev–Trinajstić information content (AvgIpc) is 3.11. The van der Waals surface area contributed by atoms with Gasteiger partial charge in [0.05, 0.1) is 22.3 Å². The molecule has 0 bridgehead atoms. The Labute approximate surface area is 167 Å². The molecule has 2 aromatic carbocycles. The Morgan fingerprint density at radius 2 is 1.86 bits per heavy atom. The standard InChI is InChI=1S/C20H21N5O3S/c1-4-24-19(26)15-7-5-6-8-17(15)25-18(22-23-20(24)25)12-21-16-11-14(29(3,27)28)10-9-13(16)2/h5-11,21H,4,12H2,1-3H3. The molecule has 0 atom stereocenters. The summed E-state index contributed by atoms with van der Waals surface area (Å²) in [5, 5.41) is 12.4. The molecule has 0 amide bonds. The quantitative estimate of drug-likeness (QED) is 0.541. The van der Waals surface area contributed by atoms with Gasteiger partial charge in [0.2, 0.25) is 5.78 Å². The van der Waals surface area contributed by atoms with Crippen LogP contribution in [-0.4, -0.2) is 33.8 Å². The molecule has 9 heteroatoms. The van der Waals surface area contributed by atoms with Crippen molar-refractivity contribution in [3.63, 3.8) is 0 Å². The minimum Gasteiger partial charge on any atom is -0.377 e. The third-order valence-corrected chi connectivity index (χ3v) is 6.08. The van der Waals surface area contributed by atoms with E-state index in [1.807, 2.05) is 36.4 Å². The maximum Gasteiger partial charge on any atom is 0.262 e. The molecule has 0 spiro atoms. The maximum absolute atomic E-state index is 12.7. The van der Waals surface area contributed by atoms with Crippen LogP contribution in [0.3, 0.4) is 0 Å². The Kier molecular flexibility index (Phi) is 4.62. The molecule has 0 saturated heterocycles. The zero-order chi connectivity index (χ0) is 20.8. The molecule has 0 aliphatic carbocycles. The van der Waals surface area contributed by atoms with Gasteiger partial charge in [0, 0.05) is 18.5 Å². The summed E-state index contributed by atoms with van der Waals surface area (Å²) < 4.78 is 27.2. The second-order valence-electron chi connectivity index (χ2n) is 6.92. The van der Waals surface area contributed by atoms with Crippen molar-refractivity contribution < 1.29 is 8.42 Å². The van der Waals surface area contributed by atoms with Gasteiger partial charge in [0.15, 0.2) is 15.7 Å². The average molecular weight is 411 g/mol. The molecule has 0 radical (unpaired) electrons. The van der Waals surface area contributed by atoms with Crippen molar-refractivity contribution in [1.29, 1.82) is 0 Å². The van der Waals surface area contributed by atoms with Gasteiger partial charge < -0.3 is 5.32 Å². The summed E-state index contributed by atoms with van der Waals surface area (Å²) in [6.45, 7) is 4.60. The van der Waals surface area contributed by atoms with Crippen molar-refractivity contribution in [3.05, 3.63) is 64.2 Å². The van der Waals surface area contributed by atoms with Crippen LogP contribution in [0.25, 0.3) is 16.7 Å². The van der Waals surface area contributed by atoms with Crippen LogP contribution < -0.4 is 10.9 Å². The van der Waals surface area contributed by atoms with E-state index < -0.39 is 9.84 Å². The molecular formula is C20H21N5O3S. The monoisotopic (exact) mass is 411 g/mol. The van der Waals surface area contributed by atoms with Gasteiger partial charge in [-0.25, -0.2) is 8.42 Å². The van der Waals surface area contributed by atoms with E-state index in [0.29, 0.717) is 35.8 Å². The summed E-state index contributed by atoms with van der Waals surface area (Å²) in [6, 6.07) is 12.3. The number of hydrogen-bond acceptors (Lipinski definition) is 6. The molecule has 2 aromatic heterocycles. The van der Waals surface area contributed by atoms with Crippen molar-refractivity contribution in [3.8, 4) is 0 Å². The molecule has 0 unspecified atom stereocenters. The molecule has 8 nitrogen and oxygen atoms in total. The third-order valence-electron chi connectivity index (χ3n) is 4.97. The number of anilines is 1. The van der Waals surface area contributed by atoms with Gasteiger partial charge in [-0.2, -0.15) is 0 Å². The lowest BCUT2D eigenvalue weighted by molar-refractivity contribution is 0.602. The first-order chi connectivity index (χ1) is 13.8. The second-order valence-corrected chi connectivity index (χ2v) is 8.94. The molecular weight excluding hydrogens is 390 g/mol. The largest absolute Gasteiger partial charge is 0.377 e. The highest BCUT2D eigenvalue weighted by Crippen LogP contribution is 2.21. The van der Waals surface area contributed by atoms with Crippen molar-refractivity contribution in [2.75, 3.05) is 11.6 Å². The minimum atomic E-state index is -3.30. The molecule has 29 heavy (non-hydrogen) atoms. The number of fused-ring (bicyclic) bond motifs is 3. The number of para-hydroxylation sites is 1. The summed E-state index contributed by atoms with van der Waals surface area (Å²) >= 11 is 0. The van der Waals surface area contributed by atoms with Gasteiger partial charge in [-0.15, -0.1) is 10.2 Å². The van der Waals surface area contributed by atoms with Gasteiger partial charge >= 0.3 is 0 Å². The fourth-order valence-corrected chi connectivity index (χ4v) is 4.06. The molecule has 0 aliphatic heterocycles. The topological polar surface area (TPSA) is 98.4 Å². The lowest BCUT2D eigenvalue weighted by atomic mass is 10.2. The zero-order valence-corrected chi connectivity index (χ0v) is 17.2. The Balaban J connectivity index is 1.81. The van der Waals surface area contributed by atoms with Gasteiger partial charge in [0.25, 0.3) is 5.56 Å². The van der Waals surface area contributed by atoms with Crippen molar-refractivity contribution in [2.45, 2.75) is 31.8 Å². The third kappa shape index (κ3) is 3.27. The normalized spacial score (nSPS) is 12.0. The number of rotatable bonds is 5. The van der Waals surface area contributed by atoms with Crippen LogP contribution in [0, 0.1) is 6.92 Å². The molecule has 0 saturated carbocycles. The number of sulfone groups is 1. The van der Waals surface area contributed by atoms with E-state index in [-0.39, 0.29) is 10.5 Å². The highest BCUT2D eigenvalue weighted by molar-refractivity contribution is 7.90. The lowest BCUT2D eigenvalue weighted by Gasteiger charge is -2.12. The van der Waals surface area contributed by atoms with E-state index in [2.05, 4.69) is 15.5 Å². The maximum atomic E-state index is 12.7. The van der Waals surface area contributed by atoms with E-state index in [1.165, 1.54) is 6.26 Å². The Bertz CT molecular complexity index is 1400. The van der Waals surface area contributed by atoms with Crippen LogP contribution in [0.2, 0.25) is 0 Å². The highest BCUT2D eigenvalue weighted by atomic mass is 32.2. The molecule has 4 aromatic rings. The van der Waals surface area contributed by atoms with Gasteiger partial charge in [-0.1, -0.05) is 18.2 Å². The molecule has 0 aliphatic rings. The number of benzene rings is 2. The summed E-state index contributed by atoms with van der Waals surface area (Å²) in [7, 11) is -3.30. The summed E-state index contributed by atoms with van der Waals surface area (Å²) in [5.41, 5.74) is 2.26. The van der Waals surface area contributed by atoms with E-state index in [9.17, 15) is 13.2 Å². The van der Waals surface area contributed by atoms with Crippen LogP contribution in [-0.2, 0) is 22.9 Å². The summed E-state index contributed by atoms with van der Waals surface area (Å²) in [6.07, 6.45) is 1.18. The van der Waals surface area contributed by atoms with Crippen molar-refractivity contribution >= 4 is 32.2 Å². The van der Waals surface area contributed by atoms with Gasteiger partial charge in [-0.3, -0.25) is 13.8 Å². The molecule has 4 rings (SSSR count). The first-order valence-electron chi connectivity index (χ1n) is 9.21.